The highest BCUT2D eigenvalue weighted by molar-refractivity contribution is 9.10. The minimum atomic E-state index is 0.507. The van der Waals surface area contributed by atoms with Crippen molar-refractivity contribution in [3.63, 3.8) is 0 Å². The first kappa shape index (κ1) is 10.2. The standard InChI is InChI=1S/C12H14BrN3/c13-11-10(9(5-14)12(15)16-11)8-4-6-1-2-7(8)3-6/h6-8,16H,1-4,15H2. The van der Waals surface area contributed by atoms with Crippen molar-refractivity contribution in [2.75, 3.05) is 5.73 Å². The Balaban J connectivity index is 2.04. The highest BCUT2D eigenvalue weighted by Gasteiger charge is 2.42. The van der Waals surface area contributed by atoms with E-state index in [2.05, 4.69) is 27.0 Å². The third kappa shape index (κ3) is 1.31. The van der Waals surface area contributed by atoms with E-state index in [1.807, 2.05) is 0 Å². The van der Waals surface area contributed by atoms with Crippen molar-refractivity contribution >= 4 is 21.7 Å². The predicted molar refractivity (Wildman–Crippen MR) is 65.8 cm³/mol. The third-order valence-electron chi connectivity index (χ3n) is 4.24. The molecule has 16 heavy (non-hydrogen) atoms. The lowest BCUT2D eigenvalue weighted by Crippen LogP contribution is -2.09. The van der Waals surface area contributed by atoms with Crippen LogP contribution in [0.25, 0.3) is 0 Å². The van der Waals surface area contributed by atoms with Gasteiger partial charge in [0, 0.05) is 5.56 Å². The molecule has 4 heteroatoms. The zero-order valence-corrected chi connectivity index (χ0v) is 10.5. The smallest absolute Gasteiger partial charge is 0.120 e. The molecule has 3 unspecified atom stereocenters. The number of nitrogens with zero attached hydrogens (tertiary/aromatic N) is 1. The molecule has 0 saturated heterocycles. The van der Waals surface area contributed by atoms with Gasteiger partial charge in [-0.2, -0.15) is 5.26 Å². The zero-order valence-electron chi connectivity index (χ0n) is 8.96. The number of nitrogens with one attached hydrogen (secondary N) is 1. The van der Waals surface area contributed by atoms with Crippen molar-refractivity contribution in [3.05, 3.63) is 15.7 Å². The Kier molecular flexibility index (Phi) is 2.25. The van der Waals surface area contributed by atoms with E-state index < -0.39 is 0 Å². The molecule has 2 bridgehead atoms. The van der Waals surface area contributed by atoms with Crippen molar-refractivity contribution < 1.29 is 0 Å². The molecule has 3 N–H and O–H groups in total. The first-order valence-corrected chi connectivity index (χ1v) is 6.57. The number of nitriles is 1. The maximum absolute atomic E-state index is 9.17. The van der Waals surface area contributed by atoms with Crippen molar-refractivity contribution in [1.82, 2.24) is 4.98 Å². The first-order valence-electron chi connectivity index (χ1n) is 5.77. The van der Waals surface area contributed by atoms with Gasteiger partial charge < -0.3 is 10.7 Å². The van der Waals surface area contributed by atoms with Crippen LogP contribution in [0.15, 0.2) is 4.60 Å². The number of aromatic nitrogens is 1. The molecule has 84 valence electrons. The van der Waals surface area contributed by atoms with E-state index in [4.69, 9.17) is 5.73 Å². The minimum absolute atomic E-state index is 0.507. The SMILES string of the molecule is N#Cc1c(N)[nH]c(Br)c1C1CC2CCC1C2. The van der Waals surface area contributed by atoms with Gasteiger partial charge in [-0.1, -0.05) is 6.42 Å². The Morgan fingerprint density at radius 1 is 1.38 bits per heavy atom. The second-order valence-electron chi connectivity index (χ2n) is 5.03. The summed E-state index contributed by atoms with van der Waals surface area (Å²) in [5, 5.41) is 9.17. The van der Waals surface area contributed by atoms with Gasteiger partial charge in [0.1, 0.15) is 11.9 Å². The summed E-state index contributed by atoms with van der Waals surface area (Å²) in [7, 11) is 0. The van der Waals surface area contributed by atoms with Crippen molar-refractivity contribution in [2.24, 2.45) is 11.8 Å². The molecule has 2 saturated carbocycles. The molecule has 0 aliphatic heterocycles. The molecule has 2 aliphatic rings. The van der Waals surface area contributed by atoms with E-state index >= 15 is 0 Å². The summed E-state index contributed by atoms with van der Waals surface area (Å²) in [6, 6.07) is 2.23. The van der Waals surface area contributed by atoms with Crippen molar-refractivity contribution in [2.45, 2.75) is 31.6 Å². The lowest BCUT2D eigenvalue weighted by atomic mass is 9.83. The van der Waals surface area contributed by atoms with Crippen LogP contribution in [0.3, 0.4) is 0 Å². The molecule has 0 aromatic carbocycles. The minimum Gasteiger partial charge on any atom is -0.384 e. The monoisotopic (exact) mass is 279 g/mol. The molecule has 1 aromatic rings. The average molecular weight is 280 g/mol. The molecule has 2 aliphatic carbocycles. The predicted octanol–water partition coefficient (Wildman–Crippen LogP) is 3.13. The number of hydrogen-bond acceptors (Lipinski definition) is 2. The quantitative estimate of drug-likeness (QED) is 0.830. The van der Waals surface area contributed by atoms with Crippen LogP contribution in [0, 0.1) is 23.2 Å². The molecule has 3 rings (SSSR count). The van der Waals surface area contributed by atoms with Gasteiger partial charge in [-0.15, -0.1) is 0 Å². The summed E-state index contributed by atoms with van der Waals surface area (Å²) in [6.45, 7) is 0. The highest BCUT2D eigenvalue weighted by atomic mass is 79.9. The lowest BCUT2D eigenvalue weighted by molar-refractivity contribution is 0.419. The van der Waals surface area contributed by atoms with Crippen LogP contribution in [-0.2, 0) is 0 Å². The lowest BCUT2D eigenvalue weighted by Gasteiger charge is -2.21. The van der Waals surface area contributed by atoms with Crippen LogP contribution in [0.5, 0.6) is 0 Å². The number of halogens is 1. The summed E-state index contributed by atoms with van der Waals surface area (Å²) >= 11 is 3.50. The summed E-state index contributed by atoms with van der Waals surface area (Å²) in [5.74, 6) is 2.69. The Morgan fingerprint density at radius 3 is 2.75 bits per heavy atom. The van der Waals surface area contributed by atoms with Gasteiger partial charge in [0.05, 0.1) is 10.2 Å². The molecule has 0 radical (unpaired) electrons. The zero-order chi connectivity index (χ0) is 11.3. The van der Waals surface area contributed by atoms with Crippen LogP contribution in [0.1, 0.15) is 42.7 Å². The Labute approximate surface area is 103 Å². The second kappa shape index (κ2) is 3.53. The Morgan fingerprint density at radius 2 is 2.19 bits per heavy atom. The van der Waals surface area contributed by atoms with Gasteiger partial charge in [0.25, 0.3) is 0 Å². The molecule has 1 aromatic heterocycles. The van der Waals surface area contributed by atoms with Crippen LogP contribution in [0.4, 0.5) is 5.82 Å². The second-order valence-corrected chi connectivity index (χ2v) is 5.83. The van der Waals surface area contributed by atoms with Crippen LogP contribution in [0.2, 0.25) is 0 Å². The van der Waals surface area contributed by atoms with E-state index in [0.717, 1.165) is 22.0 Å². The van der Waals surface area contributed by atoms with E-state index in [9.17, 15) is 5.26 Å². The Hall–Kier alpha value is -0.950. The van der Waals surface area contributed by atoms with Crippen LogP contribution >= 0.6 is 15.9 Å². The van der Waals surface area contributed by atoms with Gasteiger partial charge >= 0.3 is 0 Å². The number of fused-ring (bicyclic) bond motifs is 2. The fourth-order valence-electron chi connectivity index (χ4n) is 3.57. The largest absolute Gasteiger partial charge is 0.384 e. The number of nitrogen functional groups attached to an aromatic ring is 1. The molecular formula is C12H14BrN3. The number of anilines is 1. The molecule has 3 nitrogen and oxygen atoms in total. The number of hydrogen-bond donors (Lipinski definition) is 2. The number of aromatic amines is 1. The van der Waals surface area contributed by atoms with Crippen LogP contribution < -0.4 is 5.73 Å². The average Bonchev–Trinajstić information content (AvgIpc) is 2.91. The van der Waals surface area contributed by atoms with Gasteiger partial charge in [0.15, 0.2) is 0 Å². The maximum Gasteiger partial charge on any atom is 0.120 e. The van der Waals surface area contributed by atoms with Gasteiger partial charge in [0.2, 0.25) is 0 Å². The summed E-state index contributed by atoms with van der Waals surface area (Å²) < 4.78 is 0.916. The van der Waals surface area contributed by atoms with E-state index in [0.29, 0.717) is 17.3 Å². The Bertz CT molecular complexity index is 471. The molecular weight excluding hydrogens is 266 g/mol. The van der Waals surface area contributed by atoms with Gasteiger partial charge in [-0.25, -0.2) is 0 Å². The number of nitrogens with two attached hydrogens (primary N) is 1. The molecule has 3 atom stereocenters. The van der Waals surface area contributed by atoms with E-state index in [1.54, 1.807) is 0 Å². The van der Waals surface area contributed by atoms with Crippen molar-refractivity contribution in [3.8, 4) is 6.07 Å². The fourth-order valence-corrected chi connectivity index (χ4v) is 4.28. The summed E-state index contributed by atoms with van der Waals surface area (Å²) in [6.07, 6.45) is 5.26. The third-order valence-corrected chi connectivity index (χ3v) is 4.87. The maximum atomic E-state index is 9.17. The fraction of sp³-hybridized carbons (Fsp3) is 0.583. The number of H-pyrrole nitrogens is 1. The molecule has 2 fully saturated rings. The summed E-state index contributed by atoms with van der Waals surface area (Å²) in [4.78, 5) is 3.04. The molecule has 1 heterocycles. The van der Waals surface area contributed by atoms with Crippen LogP contribution in [-0.4, -0.2) is 4.98 Å². The number of rotatable bonds is 1. The van der Waals surface area contributed by atoms with Gasteiger partial charge in [-0.3, -0.25) is 0 Å². The first-order chi connectivity index (χ1) is 7.70. The van der Waals surface area contributed by atoms with Gasteiger partial charge in [-0.05, 0) is 52.9 Å². The summed E-state index contributed by atoms with van der Waals surface area (Å²) in [5.41, 5.74) is 7.60. The van der Waals surface area contributed by atoms with Crippen molar-refractivity contribution in [1.29, 1.82) is 5.26 Å². The van der Waals surface area contributed by atoms with E-state index in [-0.39, 0.29) is 0 Å². The topological polar surface area (TPSA) is 65.6 Å². The molecule has 0 amide bonds. The highest BCUT2D eigenvalue weighted by Crippen LogP contribution is 2.55. The normalized spacial score (nSPS) is 31.9. The molecule has 0 spiro atoms. The van der Waals surface area contributed by atoms with E-state index in [1.165, 1.54) is 25.7 Å².